The molecule has 0 radical (unpaired) electrons. The van der Waals surface area contributed by atoms with Crippen LogP contribution in [-0.2, 0) is 16.1 Å². The smallest absolute Gasteiger partial charge is 0.221 e. The Balaban J connectivity index is 1.86. The fourth-order valence-electron chi connectivity index (χ4n) is 2.37. The van der Waals surface area contributed by atoms with Crippen LogP contribution in [-0.4, -0.2) is 24.7 Å². The lowest BCUT2D eigenvalue weighted by Crippen LogP contribution is -2.36. The number of hydrogen-bond acceptors (Lipinski definition) is 3. The summed E-state index contributed by atoms with van der Waals surface area (Å²) in [4.78, 5) is 11.0. The van der Waals surface area contributed by atoms with Crippen molar-refractivity contribution in [2.45, 2.75) is 45.4 Å². The first-order valence-corrected chi connectivity index (χ1v) is 6.86. The Morgan fingerprint density at radius 3 is 3.05 bits per heavy atom. The summed E-state index contributed by atoms with van der Waals surface area (Å²) in [5.41, 5.74) is 2.01. The fourth-order valence-corrected chi connectivity index (χ4v) is 2.37. The Hall–Kier alpha value is -1.39. The topological polar surface area (TPSA) is 50.4 Å². The van der Waals surface area contributed by atoms with Gasteiger partial charge in [0.2, 0.25) is 5.91 Å². The molecule has 2 N–H and O–H groups in total. The second-order valence-corrected chi connectivity index (χ2v) is 5.10. The van der Waals surface area contributed by atoms with E-state index in [4.69, 9.17) is 4.74 Å². The predicted molar refractivity (Wildman–Crippen MR) is 76.0 cm³/mol. The third kappa shape index (κ3) is 4.33. The van der Waals surface area contributed by atoms with E-state index in [9.17, 15) is 4.79 Å². The Labute approximate surface area is 114 Å². The van der Waals surface area contributed by atoms with E-state index in [-0.39, 0.29) is 5.91 Å². The van der Waals surface area contributed by atoms with Crippen molar-refractivity contribution in [3.8, 4) is 0 Å². The monoisotopic (exact) mass is 262 g/mol. The zero-order chi connectivity index (χ0) is 13.7. The number of benzene rings is 1. The number of hydrogen-bond donors (Lipinski definition) is 2. The van der Waals surface area contributed by atoms with Gasteiger partial charge in [-0.25, -0.2) is 0 Å². The van der Waals surface area contributed by atoms with Gasteiger partial charge in [-0.1, -0.05) is 12.1 Å². The Morgan fingerprint density at radius 2 is 2.37 bits per heavy atom. The van der Waals surface area contributed by atoms with Crippen LogP contribution in [0.15, 0.2) is 24.3 Å². The third-order valence-corrected chi connectivity index (χ3v) is 3.40. The van der Waals surface area contributed by atoms with Gasteiger partial charge in [0.15, 0.2) is 0 Å². The second kappa shape index (κ2) is 6.68. The maximum atomic E-state index is 11.0. The quantitative estimate of drug-likeness (QED) is 0.856. The van der Waals surface area contributed by atoms with Gasteiger partial charge in [-0.2, -0.15) is 0 Å². The van der Waals surface area contributed by atoms with Gasteiger partial charge in [0, 0.05) is 31.8 Å². The van der Waals surface area contributed by atoms with Crippen LogP contribution in [0.2, 0.25) is 0 Å². The van der Waals surface area contributed by atoms with E-state index in [1.165, 1.54) is 6.92 Å². The molecular weight excluding hydrogens is 240 g/mol. The molecule has 0 aliphatic carbocycles. The minimum Gasteiger partial charge on any atom is -0.377 e. The summed E-state index contributed by atoms with van der Waals surface area (Å²) in [5, 5.41) is 6.28. The van der Waals surface area contributed by atoms with E-state index in [1.54, 1.807) is 0 Å². The summed E-state index contributed by atoms with van der Waals surface area (Å²) in [6.07, 6.45) is 2.63. The average molecular weight is 262 g/mol. The molecule has 2 rings (SSSR count). The summed E-state index contributed by atoms with van der Waals surface area (Å²) < 4.78 is 5.66. The van der Waals surface area contributed by atoms with E-state index in [2.05, 4.69) is 23.6 Å². The molecule has 0 spiro atoms. The van der Waals surface area contributed by atoms with Crippen molar-refractivity contribution in [1.29, 1.82) is 0 Å². The third-order valence-electron chi connectivity index (χ3n) is 3.40. The molecule has 1 saturated heterocycles. The molecule has 4 nitrogen and oxygen atoms in total. The van der Waals surface area contributed by atoms with Crippen LogP contribution in [0.25, 0.3) is 0 Å². The lowest BCUT2D eigenvalue weighted by Gasteiger charge is -2.20. The van der Waals surface area contributed by atoms with Crippen molar-refractivity contribution in [1.82, 2.24) is 5.32 Å². The molecule has 1 heterocycles. The molecule has 1 aromatic carbocycles. The van der Waals surface area contributed by atoms with Gasteiger partial charge in [-0.15, -0.1) is 0 Å². The van der Waals surface area contributed by atoms with Gasteiger partial charge < -0.3 is 15.4 Å². The number of ether oxygens (including phenoxy) is 1. The SMILES string of the molecule is CC(=O)Nc1cccc(CN[C@@H](C)[C@@H]2CCCO2)c1. The minimum absolute atomic E-state index is 0.0437. The number of rotatable bonds is 5. The van der Waals surface area contributed by atoms with E-state index in [0.717, 1.165) is 37.2 Å². The largest absolute Gasteiger partial charge is 0.377 e. The molecule has 0 bridgehead atoms. The van der Waals surface area contributed by atoms with E-state index in [1.807, 2.05) is 18.2 Å². The normalized spacial score (nSPS) is 20.2. The standard InChI is InChI=1S/C15H22N2O2/c1-11(15-7-4-8-19-15)16-10-13-5-3-6-14(9-13)17-12(2)18/h3,5-6,9,11,15-16H,4,7-8,10H2,1-2H3,(H,17,18)/t11-,15-/m0/s1. The number of carbonyl (C=O) groups is 1. The van der Waals surface area contributed by atoms with Gasteiger partial charge >= 0.3 is 0 Å². The van der Waals surface area contributed by atoms with Crippen LogP contribution in [0, 0.1) is 0 Å². The summed E-state index contributed by atoms with van der Waals surface area (Å²) in [6, 6.07) is 8.26. The molecule has 1 amide bonds. The molecule has 104 valence electrons. The highest BCUT2D eigenvalue weighted by molar-refractivity contribution is 5.88. The van der Waals surface area contributed by atoms with Gasteiger partial charge in [0.05, 0.1) is 6.10 Å². The van der Waals surface area contributed by atoms with Crippen LogP contribution >= 0.6 is 0 Å². The van der Waals surface area contributed by atoms with Crippen molar-refractivity contribution < 1.29 is 9.53 Å². The Bertz CT molecular complexity index is 428. The molecule has 1 aromatic rings. The van der Waals surface area contributed by atoms with E-state index < -0.39 is 0 Å². The number of carbonyl (C=O) groups excluding carboxylic acids is 1. The predicted octanol–water partition coefficient (Wildman–Crippen LogP) is 2.30. The molecule has 4 heteroatoms. The fraction of sp³-hybridized carbons (Fsp3) is 0.533. The lowest BCUT2D eigenvalue weighted by molar-refractivity contribution is -0.114. The maximum Gasteiger partial charge on any atom is 0.221 e. The maximum absolute atomic E-state index is 11.0. The first kappa shape index (κ1) is 14.0. The highest BCUT2D eigenvalue weighted by Gasteiger charge is 2.21. The summed E-state index contributed by atoms with van der Waals surface area (Å²) in [5.74, 6) is -0.0437. The van der Waals surface area contributed by atoms with Crippen molar-refractivity contribution in [2.75, 3.05) is 11.9 Å². The van der Waals surface area contributed by atoms with Gasteiger partial charge in [-0.3, -0.25) is 4.79 Å². The minimum atomic E-state index is -0.0437. The summed E-state index contributed by atoms with van der Waals surface area (Å²) >= 11 is 0. The molecule has 0 saturated carbocycles. The molecular formula is C15H22N2O2. The van der Waals surface area contributed by atoms with Crippen LogP contribution in [0.4, 0.5) is 5.69 Å². The molecule has 0 aromatic heterocycles. The van der Waals surface area contributed by atoms with Crippen molar-refractivity contribution >= 4 is 11.6 Å². The summed E-state index contributed by atoms with van der Waals surface area (Å²) in [6.45, 7) is 5.35. The number of amides is 1. The van der Waals surface area contributed by atoms with Crippen LogP contribution in [0.1, 0.15) is 32.3 Å². The molecule has 1 fully saturated rings. The van der Waals surface area contributed by atoms with Crippen LogP contribution in [0.5, 0.6) is 0 Å². The first-order valence-electron chi connectivity index (χ1n) is 6.86. The molecule has 1 aliphatic rings. The highest BCUT2D eigenvalue weighted by atomic mass is 16.5. The number of nitrogens with one attached hydrogen (secondary N) is 2. The Morgan fingerprint density at radius 1 is 1.53 bits per heavy atom. The lowest BCUT2D eigenvalue weighted by atomic mass is 10.1. The van der Waals surface area contributed by atoms with Crippen molar-refractivity contribution in [3.63, 3.8) is 0 Å². The highest BCUT2D eigenvalue weighted by Crippen LogP contribution is 2.16. The number of anilines is 1. The van der Waals surface area contributed by atoms with Gasteiger partial charge in [-0.05, 0) is 37.5 Å². The molecule has 19 heavy (non-hydrogen) atoms. The van der Waals surface area contributed by atoms with Crippen LogP contribution < -0.4 is 10.6 Å². The van der Waals surface area contributed by atoms with Gasteiger partial charge in [0.25, 0.3) is 0 Å². The summed E-state index contributed by atoms with van der Waals surface area (Å²) in [7, 11) is 0. The molecule has 1 aliphatic heterocycles. The molecule has 0 unspecified atom stereocenters. The Kier molecular flexibility index (Phi) is 4.93. The van der Waals surface area contributed by atoms with Crippen molar-refractivity contribution in [3.05, 3.63) is 29.8 Å². The zero-order valence-electron chi connectivity index (χ0n) is 11.6. The second-order valence-electron chi connectivity index (χ2n) is 5.10. The van der Waals surface area contributed by atoms with Crippen LogP contribution in [0.3, 0.4) is 0 Å². The van der Waals surface area contributed by atoms with Gasteiger partial charge in [0.1, 0.15) is 0 Å². The van der Waals surface area contributed by atoms with E-state index >= 15 is 0 Å². The zero-order valence-corrected chi connectivity index (χ0v) is 11.6. The molecule has 2 atom stereocenters. The average Bonchev–Trinajstić information content (AvgIpc) is 2.89. The van der Waals surface area contributed by atoms with E-state index in [0.29, 0.717) is 12.1 Å². The first-order chi connectivity index (χ1) is 9.15. The van der Waals surface area contributed by atoms with Crippen molar-refractivity contribution in [2.24, 2.45) is 0 Å².